The van der Waals surface area contributed by atoms with Crippen LogP contribution in [0.5, 0.6) is 5.75 Å². The van der Waals surface area contributed by atoms with Gasteiger partial charge in [0.15, 0.2) is 0 Å². The largest absolute Gasteiger partial charge is 0.494 e. The minimum Gasteiger partial charge on any atom is -0.494 e. The highest BCUT2D eigenvalue weighted by molar-refractivity contribution is 5.96. The first-order valence-electron chi connectivity index (χ1n) is 8.28. The molecule has 2 atom stereocenters. The number of amides is 3. The lowest BCUT2D eigenvalue weighted by Gasteiger charge is -2.19. The van der Waals surface area contributed by atoms with Crippen LogP contribution in [0.15, 0.2) is 24.3 Å². The first kappa shape index (κ1) is 18.1. The molecule has 132 valence electrons. The van der Waals surface area contributed by atoms with E-state index in [2.05, 4.69) is 10.6 Å². The maximum atomic E-state index is 12.2. The van der Waals surface area contributed by atoms with Gasteiger partial charge < -0.3 is 25.4 Å². The summed E-state index contributed by atoms with van der Waals surface area (Å²) in [5, 5.41) is 14.6. The molecule has 2 rings (SSSR count). The molecule has 0 saturated carbocycles. The number of carbonyl (C=O) groups is 2. The van der Waals surface area contributed by atoms with E-state index in [4.69, 9.17) is 9.84 Å². The van der Waals surface area contributed by atoms with E-state index in [0.717, 1.165) is 11.4 Å². The molecule has 0 aliphatic carbocycles. The van der Waals surface area contributed by atoms with Crippen molar-refractivity contribution in [1.29, 1.82) is 0 Å². The van der Waals surface area contributed by atoms with Crippen LogP contribution < -0.4 is 20.3 Å². The van der Waals surface area contributed by atoms with Crippen molar-refractivity contribution in [3.8, 4) is 5.75 Å². The molecule has 0 bridgehead atoms. The van der Waals surface area contributed by atoms with Gasteiger partial charge in [0.1, 0.15) is 5.75 Å². The minimum absolute atomic E-state index is 0.0290. The summed E-state index contributed by atoms with van der Waals surface area (Å²) in [6, 6.07) is 6.44. The van der Waals surface area contributed by atoms with Gasteiger partial charge in [-0.2, -0.15) is 0 Å². The van der Waals surface area contributed by atoms with Crippen molar-refractivity contribution in [3.05, 3.63) is 24.3 Å². The zero-order chi connectivity index (χ0) is 17.5. The Kier molecular flexibility index (Phi) is 6.43. The van der Waals surface area contributed by atoms with Crippen LogP contribution >= 0.6 is 0 Å². The van der Waals surface area contributed by atoms with Crippen LogP contribution in [0, 0.1) is 0 Å². The second-order valence-corrected chi connectivity index (χ2v) is 5.74. The van der Waals surface area contributed by atoms with Gasteiger partial charge in [-0.1, -0.05) is 6.92 Å². The van der Waals surface area contributed by atoms with E-state index in [1.165, 1.54) is 0 Å². The van der Waals surface area contributed by atoms with Crippen molar-refractivity contribution >= 4 is 17.6 Å². The molecule has 3 N–H and O–H groups in total. The zero-order valence-corrected chi connectivity index (χ0v) is 14.1. The first-order valence-corrected chi connectivity index (χ1v) is 8.28. The number of rotatable bonds is 7. The third-order valence-corrected chi connectivity index (χ3v) is 3.97. The Bertz CT molecular complexity index is 557. The molecule has 1 heterocycles. The fraction of sp³-hybridized carbons (Fsp3) is 0.529. The number of nitrogens with zero attached hydrogens (tertiary/aromatic N) is 1. The summed E-state index contributed by atoms with van der Waals surface area (Å²) in [6.45, 7) is 4.71. The van der Waals surface area contributed by atoms with Crippen LogP contribution in [0.1, 0.15) is 26.7 Å². The van der Waals surface area contributed by atoms with Gasteiger partial charge in [0, 0.05) is 18.7 Å². The fourth-order valence-corrected chi connectivity index (χ4v) is 2.63. The number of anilines is 1. The molecule has 1 saturated heterocycles. The molecule has 24 heavy (non-hydrogen) atoms. The molecule has 1 aliphatic rings. The van der Waals surface area contributed by atoms with Crippen molar-refractivity contribution in [3.63, 3.8) is 0 Å². The second kappa shape index (κ2) is 8.54. The summed E-state index contributed by atoms with van der Waals surface area (Å²) in [4.78, 5) is 25.8. The molecule has 0 aromatic heterocycles. The lowest BCUT2D eigenvalue weighted by atomic mass is 10.2. The Morgan fingerprint density at radius 1 is 1.38 bits per heavy atom. The molecule has 7 heteroatoms. The standard InChI is InChI=1S/C17H25N3O4/c1-3-12(11-21)18-17(23)19-13-9-16(22)20(10-13)14-5-7-15(8-6-14)24-4-2/h5-8,12-13,21H,3-4,9-11H2,1-2H3,(H2,18,19,23)/t12-,13-/m1/s1. The van der Waals surface area contributed by atoms with E-state index in [9.17, 15) is 9.59 Å². The number of ether oxygens (including phenoxy) is 1. The SMILES string of the molecule is CCOc1ccc(N2C[C@H](NC(=O)N[C@H](CC)CO)CC2=O)cc1. The Labute approximate surface area is 142 Å². The second-order valence-electron chi connectivity index (χ2n) is 5.74. The highest BCUT2D eigenvalue weighted by atomic mass is 16.5. The first-order chi connectivity index (χ1) is 11.6. The summed E-state index contributed by atoms with van der Waals surface area (Å²) >= 11 is 0. The third kappa shape index (κ3) is 4.61. The van der Waals surface area contributed by atoms with E-state index in [0.29, 0.717) is 19.6 Å². The Balaban J connectivity index is 1.91. The number of aliphatic hydroxyl groups excluding tert-OH is 1. The number of hydrogen-bond donors (Lipinski definition) is 3. The Morgan fingerprint density at radius 2 is 2.08 bits per heavy atom. The molecule has 1 aromatic rings. The zero-order valence-electron chi connectivity index (χ0n) is 14.1. The van der Waals surface area contributed by atoms with E-state index < -0.39 is 0 Å². The predicted molar refractivity (Wildman–Crippen MR) is 91.2 cm³/mol. The number of hydrogen-bond acceptors (Lipinski definition) is 4. The van der Waals surface area contributed by atoms with Gasteiger partial charge >= 0.3 is 6.03 Å². The highest BCUT2D eigenvalue weighted by Crippen LogP contribution is 2.24. The average Bonchev–Trinajstić information content (AvgIpc) is 2.94. The molecule has 0 spiro atoms. The molecule has 3 amide bonds. The van der Waals surface area contributed by atoms with Crippen molar-refractivity contribution in [1.82, 2.24) is 10.6 Å². The molecular weight excluding hydrogens is 310 g/mol. The lowest BCUT2D eigenvalue weighted by Crippen LogP contribution is -2.48. The fourth-order valence-electron chi connectivity index (χ4n) is 2.63. The van der Waals surface area contributed by atoms with E-state index in [-0.39, 0.29) is 37.0 Å². The van der Waals surface area contributed by atoms with Gasteiger partial charge in [0.25, 0.3) is 0 Å². The van der Waals surface area contributed by atoms with Gasteiger partial charge in [-0.15, -0.1) is 0 Å². The Morgan fingerprint density at radius 3 is 2.67 bits per heavy atom. The smallest absolute Gasteiger partial charge is 0.315 e. The van der Waals surface area contributed by atoms with Gasteiger partial charge in [-0.3, -0.25) is 4.79 Å². The van der Waals surface area contributed by atoms with Crippen LogP contribution in [0.2, 0.25) is 0 Å². The van der Waals surface area contributed by atoms with Crippen LogP contribution in [-0.2, 0) is 4.79 Å². The van der Waals surface area contributed by atoms with Crippen LogP contribution in [-0.4, -0.2) is 48.9 Å². The van der Waals surface area contributed by atoms with E-state index in [1.807, 2.05) is 38.1 Å². The van der Waals surface area contributed by atoms with E-state index in [1.54, 1.807) is 4.90 Å². The molecule has 1 aromatic carbocycles. The number of nitrogens with one attached hydrogen (secondary N) is 2. The van der Waals surface area contributed by atoms with Crippen molar-refractivity contribution in [2.45, 2.75) is 38.8 Å². The summed E-state index contributed by atoms with van der Waals surface area (Å²) in [7, 11) is 0. The van der Waals surface area contributed by atoms with Gasteiger partial charge in [-0.05, 0) is 37.6 Å². The van der Waals surface area contributed by atoms with Crippen molar-refractivity contribution < 1.29 is 19.4 Å². The molecule has 7 nitrogen and oxygen atoms in total. The monoisotopic (exact) mass is 335 g/mol. The summed E-state index contributed by atoms with van der Waals surface area (Å²) in [6.07, 6.45) is 0.905. The summed E-state index contributed by atoms with van der Waals surface area (Å²) < 4.78 is 5.39. The number of urea groups is 1. The molecule has 0 unspecified atom stereocenters. The average molecular weight is 335 g/mol. The molecule has 0 radical (unpaired) electrons. The van der Waals surface area contributed by atoms with Crippen molar-refractivity contribution in [2.24, 2.45) is 0 Å². The van der Waals surface area contributed by atoms with Crippen LogP contribution in [0.3, 0.4) is 0 Å². The topological polar surface area (TPSA) is 90.9 Å². The molecule has 1 aliphatic heterocycles. The summed E-state index contributed by atoms with van der Waals surface area (Å²) in [5.74, 6) is 0.732. The normalized spacial score (nSPS) is 18.4. The maximum absolute atomic E-state index is 12.2. The van der Waals surface area contributed by atoms with Gasteiger partial charge in [-0.25, -0.2) is 4.79 Å². The predicted octanol–water partition coefficient (Wildman–Crippen LogP) is 1.26. The van der Waals surface area contributed by atoms with Gasteiger partial charge in [0.2, 0.25) is 5.91 Å². The third-order valence-electron chi connectivity index (χ3n) is 3.97. The Hall–Kier alpha value is -2.28. The minimum atomic E-state index is -0.359. The number of aliphatic hydroxyl groups is 1. The van der Waals surface area contributed by atoms with Crippen molar-refractivity contribution in [2.75, 3.05) is 24.7 Å². The van der Waals surface area contributed by atoms with Gasteiger partial charge in [0.05, 0.1) is 25.3 Å². The highest BCUT2D eigenvalue weighted by Gasteiger charge is 2.31. The quantitative estimate of drug-likeness (QED) is 0.700. The van der Waals surface area contributed by atoms with E-state index >= 15 is 0 Å². The van der Waals surface area contributed by atoms with Crippen LogP contribution in [0.4, 0.5) is 10.5 Å². The summed E-state index contributed by atoms with van der Waals surface area (Å²) in [5.41, 5.74) is 0.787. The molecule has 1 fully saturated rings. The number of benzene rings is 1. The maximum Gasteiger partial charge on any atom is 0.315 e. The lowest BCUT2D eigenvalue weighted by molar-refractivity contribution is -0.117. The molecular formula is C17H25N3O4. The van der Waals surface area contributed by atoms with Crippen LogP contribution in [0.25, 0.3) is 0 Å². The number of carbonyl (C=O) groups excluding carboxylic acids is 2.